The minimum atomic E-state index is 0.132. The summed E-state index contributed by atoms with van der Waals surface area (Å²) >= 11 is 1.38. The molecule has 25 heavy (non-hydrogen) atoms. The van der Waals surface area contributed by atoms with Gasteiger partial charge in [-0.1, -0.05) is 11.8 Å². The molecule has 0 aromatic carbocycles. The monoisotopic (exact) mass is 356 g/mol. The van der Waals surface area contributed by atoms with Crippen molar-refractivity contribution in [1.29, 1.82) is 0 Å². The van der Waals surface area contributed by atoms with E-state index in [9.17, 15) is 4.79 Å². The second kappa shape index (κ2) is 7.35. The molecule has 0 bridgehead atoms. The fraction of sp³-hybridized carbons (Fsp3) is 0.471. The Balaban J connectivity index is 1.26. The van der Waals surface area contributed by atoms with Crippen molar-refractivity contribution in [2.75, 3.05) is 36.8 Å². The maximum atomic E-state index is 12.3. The SMILES string of the molecule is O=C(CSc1ncccn1)N1CCN(c2ccc(C3CC3)nn2)CC1. The van der Waals surface area contributed by atoms with Crippen LogP contribution >= 0.6 is 11.8 Å². The van der Waals surface area contributed by atoms with E-state index >= 15 is 0 Å². The van der Waals surface area contributed by atoms with Crippen LogP contribution in [0, 0.1) is 0 Å². The van der Waals surface area contributed by atoms with E-state index in [1.54, 1.807) is 18.5 Å². The first-order chi connectivity index (χ1) is 12.3. The molecule has 1 saturated carbocycles. The van der Waals surface area contributed by atoms with Crippen molar-refractivity contribution in [2.24, 2.45) is 0 Å². The summed E-state index contributed by atoms with van der Waals surface area (Å²) in [5.74, 6) is 2.04. The summed E-state index contributed by atoms with van der Waals surface area (Å²) < 4.78 is 0. The third-order valence-electron chi connectivity index (χ3n) is 4.49. The Labute approximate surface area is 150 Å². The van der Waals surface area contributed by atoms with Gasteiger partial charge in [-0.05, 0) is 31.0 Å². The third-order valence-corrected chi connectivity index (χ3v) is 5.35. The highest BCUT2D eigenvalue weighted by Gasteiger charge is 2.26. The minimum Gasteiger partial charge on any atom is -0.352 e. The van der Waals surface area contributed by atoms with Gasteiger partial charge in [0.25, 0.3) is 0 Å². The van der Waals surface area contributed by atoms with Crippen LogP contribution < -0.4 is 4.90 Å². The molecule has 0 unspecified atom stereocenters. The van der Waals surface area contributed by atoms with E-state index in [0.29, 0.717) is 29.9 Å². The van der Waals surface area contributed by atoms with E-state index in [1.807, 2.05) is 4.90 Å². The summed E-state index contributed by atoms with van der Waals surface area (Å²) in [5.41, 5.74) is 1.11. The van der Waals surface area contributed by atoms with E-state index in [4.69, 9.17) is 0 Å². The molecular formula is C17H20N6OS. The first-order valence-electron chi connectivity index (χ1n) is 8.56. The van der Waals surface area contributed by atoms with Gasteiger partial charge >= 0.3 is 0 Å². The van der Waals surface area contributed by atoms with Crippen molar-refractivity contribution < 1.29 is 4.79 Å². The molecule has 1 aliphatic carbocycles. The van der Waals surface area contributed by atoms with Crippen LogP contribution in [0.3, 0.4) is 0 Å². The highest BCUT2D eigenvalue weighted by atomic mass is 32.2. The summed E-state index contributed by atoms with van der Waals surface area (Å²) in [4.78, 5) is 24.7. The topological polar surface area (TPSA) is 75.1 Å². The fourth-order valence-corrected chi connectivity index (χ4v) is 3.57. The van der Waals surface area contributed by atoms with E-state index in [0.717, 1.165) is 24.6 Å². The van der Waals surface area contributed by atoms with Crippen LogP contribution in [0.15, 0.2) is 35.7 Å². The molecule has 2 aliphatic rings. The zero-order valence-corrected chi connectivity index (χ0v) is 14.7. The molecular weight excluding hydrogens is 336 g/mol. The smallest absolute Gasteiger partial charge is 0.233 e. The predicted molar refractivity (Wildman–Crippen MR) is 95.6 cm³/mol. The lowest BCUT2D eigenvalue weighted by Crippen LogP contribution is -2.49. The van der Waals surface area contributed by atoms with E-state index in [-0.39, 0.29) is 5.91 Å². The molecule has 3 heterocycles. The molecule has 0 N–H and O–H groups in total. The molecule has 1 amide bonds. The Bertz CT molecular complexity index is 714. The number of aromatic nitrogens is 4. The number of carbonyl (C=O) groups excluding carboxylic acids is 1. The first-order valence-corrected chi connectivity index (χ1v) is 9.54. The summed E-state index contributed by atoms with van der Waals surface area (Å²) in [6.45, 7) is 2.99. The Hall–Kier alpha value is -2.22. The number of hydrogen-bond acceptors (Lipinski definition) is 7. The molecule has 0 atom stereocenters. The number of hydrogen-bond donors (Lipinski definition) is 0. The van der Waals surface area contributed by atoms with Gasteiger partial charge in [0.05, 0.1) is 11.4 Å². The molecule has 2 fully saturated rings. The average Bonchev–Trinajstić information content (AvgIpc) is 3.53. The average molecular weight is 356 g/mol. The number of carbonyl (C=O) groups is 1. The van der Waals surface area contributed by atoms with Gasteiger partial charge in [-0.25, -0.2) is 9.97 Å². The zero-order valence-electron chi connectivity index (χ0n) is 13.9. The minimum absolute atomic E-state index is 0.132. The largest absolute Gasteiger partial charge is 0.352 e. The van der Waals surface area contributed by atoms with Gasteiger partial charge in [0.2, 0.25) is 5.91 Å². The zero-order chi connectivity index (χ0) is 17.1. The number of anilines is 1. The van der Waals surface area contributed by atoms with Crippen LogP contribution in [0.1, 0.15) is 24.5 Å². The summed E-state index contributed by atoms with van der Waals surface area (Å²) in [6.07, 6.45) is 5.85. The van der Waals surface area contributed by atoms with Gasteiger partial charge in [-0.15, -0.1) is 5.10 Å². The van der Waals surface area contributed by atoms with Crippen LogP contribution in [-0.2, 0) is 4.79 Å². The number of thioether (sulfide) groups is 1. The van der Waals surface area contributed by atoms with Crippen molar-refractivity contribution in [3.63, 3.8) is 0 Å². The summed E-state index contributed by atoms with van der Waals surface area (Å²) in [6, 6.07) is 5.92. The molecule has 0 radical (unpaired) electrons. The Morgan fingerprint density at radius 2 is 1.84 bits per heavy atom. The quantitative estimate of drug-likeness (QED) is 0.595. The molecule has 1 saturated heterocycles. The molecule has 1 aliphatic heterocycles. The lowest BCUT2D eigenvalue weighted by atomic mass is 10.2. The lowest BCUT2D eigenvalue weighted by Gasteiger charge is -2.35. The number of rotatable bonds is 5. The summed E-state index contributed by atoms with van der Waals surface area (Å²) in [5, 5.41) is 9.34. The molecule has 130 valence electrons. The van der Waals surface area contributed by atoms with E-state index in [1.165, 1.54) is 24.6 Å². The van der Waals surface area contributed by atoms with Crippen LogP contribution in [0.25, 0.3) is 0 Å². The second-order valence-electron chi connectivity index (χ2n) is 6.28. The number of nitrogens with zero attached hydrogens (tertiary/aromatic N) is 6. The lowest BCUT2D eigenvalue weighted by molar-refractivity contribution is -0.128. The molecule has 0 spiro atoms. The van der Waals surface area contributed by atoms with Crippen LogP contribution in [0.4, 0.5) is 5.82 Å². The molecule has 4 rings (SSSR count). The molecule has 2 aromatic rings. The van der Waals surface area contributed by atoms with Gasteiger partial charge in [0.15, 0.2) is 11.0 Å². The Morgan fingerprint density at radius 3 is 2.48 bits per heavy atom. The van der Waals surface area contributed by atoms with Crippen LogP contribution in [0.2, 0.25) is 0 Å². The Kier molecular flexibility index (Phi) is 4.78. The highest BCUT2D eigenvalue weighted by molar-refractivity contribution is 7.99. The number of piperazine rings is 1. The van der Waals surface area contributed by atoms with Crippen molar-refractivity contribution >= 4 is 23.5 Å². The number of amides is 1. The maximum absolute atomic E-state index is 12.3. The standard InChI is InChI=1S/C17H20N6OS/c24-16(12-25-17-18-6-1-7-19-17)23-10-8-22(9-11-23)15-5-4-14(20-21-15)13-2-3-13/h1,4-7,13H,2-3,8-12H2. The van der Waals surface area contributed by atoms with Crippen molar-refractivity contribution in [3.05, 3.63) is 36.3 Å². The van der Waals surface area contributed by atoms with Crippen LogP contribution in [-0.4, -0.2) is 62.9 Å². The predicted octanol–water partition coefficient (Wildman–Crippen LogP) is 1.58. The van der Waals surface area contributed by atoms with Crippen molar-refractivity contribution in [2.45, 2.75) is 23.9 Å². The van der Waals surface area contributed by atoms with Gasteiger partial charge in [0, 0.05) is 44.5 Å². The molecule has 7 nitrogen and oxygen atoms in total. The second-order valence-corrected chi connectivity index (χ2v) is 7.22. The van der Waals surface area contributed by atoms with E-state index in [2.05, 4.69) is 37.2 Å². The Morgan fingerprint density at radius 1 is 1.08 bits per heavy atom. The van der Waals surface area contributed by atoms with Crippen molar-refractivity contribution in [1.82, 2.24) is 25.1 Å². The van der Waals surface area contributed by atoms with Crippen molar-refractivity contribution in [3.8, 4) is 0 Å². The maximum Gasteiger partial charge on any atom is 0.233 e. The van der Waals surface area contributed by atoms with Gasteiger partial charge in [-0.2, -0.15) is 5.10 Å². The summed E-state index contributed by atoms with van der Waals surface area (Å²) in [7, 11) is 0. The van der Waals surface area contributed by atoms with Gasteiger partial charge < -0.3 is 9.80 Å². The third kappa shape index (κ3) is 4.07. The van der Waals surface area contributed by atoms with E-state index < -0.39 is 0 Å². The molecule has 2 aromatic heterocycles. The normalized spacial score (nSPS) is 17.6. The first kappa shape index (κ1) is 16.3. The van der Waals surface area contributed by atoms with Gasteiger partial charge in [-0.3, -0.25) is 4.79 Å². The van der Waals surface area contributed by atoms with Crippen LogP contribution in [0.5, 0.6) is 0 Å². The van der Waals surface area contributed by atoms with Gasteiger partial charge in [0.1, 0.15) is 0 Å². The molecule has 8 heteroatoms. The highest BCUT2D eigenvalue weighted by Crippen LogP contribution is 2.38. The fourth-order valence-electron chi connectivity index (χ4n) is 2.86.